The lowest BCUT2D eigenvalue weighted by Gasteiger charge is -2.43. The van der Waals surface area contributed by atoms with Crippen LogP contribution in [0.5, 0.6) is 0 Å². The first-order chi connectivity index (χ1) is 16.3. The number of benzene rings is 2. The number of amides is 2. The van der Waals surface area contributed by atoms with Gasteiger partial charge in [-0.2, -0.15) is 0 Å². The number of carboxylic acids is 1. The van der Waals surface area contributed by atoms with Crippen LogP contribution in [0.15, 0.2) is 48.5 Å². The number of hydrogen-bond acceptors (Lipinski definition) is 4. The molecule has 0 spiro atoms. The minimum atomic E-state index is -0.854. The maximum Gasteiger partial charge on any atom is 0.407 e. The van der Waals surface area contributed by atoms with Crippen molar-refractivity contribution in [3.05, 3.63) is 59.7 Å². The fourth-order valence-corrected chi connectivity index (χ4v) is 4.86. The number of aliphatic carboxylic acids is 1. The Balaban J connectivity index is 1.39. The molecule has 34 heavy (non-hydrogen) atoms. The Labute approximate surface area is 200 Å². The number of hydrogen-bond donors (Lipinski definition) is 2. The number of rotatable bonds is 8. The first-order valence-corrected chi connectivity index (χ1v) is 11.9. The maximum absolute atomic E-state index is 13.1. The van der Waals surface area contributed by atoms with Crippen LogP contribution in [0.2, 0.25) is 0 Å². The van der Waals surface area contributed by atoms with Gasteiger partial charge in [0.05, 0.1) is 5.92 Å². The topological polar surface area (TPSA) is 95.9 Å². The zero-order valence-corrected chi connectivity index (χ0v) is 19.9. The Kier molecular flexibility index (Phi) is 6.91. The molecule has 7 heteroatoms. The summed E-state index contributed by atoms with van der Waals surface area (Å²) in [6.45, 7) is 6.52. The number of alkyl carbamates (subject to hydrolysis) is 1. The Hall–Kier alpha value is -3.35. The molecule has 7 nitrogen and oxygen atoms in total. The molecule has 1 aliphatic heterocycles. The number of likely N-dealkylation sites (tertiary alicyclic amines) is 1. The van der Waals surface area contributed by atoms with Crippen molar-refractivity contribution >= 4 is 18.0 Å². The Morgan fingerprint density at radius 1 is 1.03 bits per heavy atom. The normalized spacial score (nSPS) is 17.7. The van der Waals surface area contributed by atoms with Crippen LogP contribution in [-0.2, 0) is 14.3 Å². The van der Waals surface area contributed by atoms with Crippen LogP contribution in [-0.4, -0.2) is 53.7 Å². The molecule has 2 aliphatic rings. The van der Waals surface area contributed by atoms with Crippen molar-refractivity contribution in [3.63, 3.8) is 0 Å². The summed E-state index contributed by atoms with van der Waals surface area (Å²) in [5.74, 6) is -1.73. The number of ether oxygens (including phenoxy) is 1. The van der Waals surface area contributed by atoms with Gasteiger partial charge >= 0.3 is 12.1 Å². The predicted molar refractivity (Wildman–Crippen MR) is 128 cm³/mol. The van der Waals surface area contributed by atoms with Crippen LogP contribution in [0.1, 0.15) is 44.2 Å². The molecular weight excluding hydrogens is 432 g/mol. The van der Waals surface area contributed by atoms with Gasteiger partial charge in [0.1, 0.15) is 12.6 Å². The first-order valence-electron chi connectivity index (χ1n) is 11.9. The summed E-state index contributed by atoms with van der Waals surface area (Å²) in [6, 6.07) is 15.6. The smallest absolute Gasteiger partial charge is 0.407 e. The molecule has 1 unspecified atom stereocenters. The zero-order valence-electron chi connectivity index (χ0n) is 19.9. The molecule has 0 bridgehead atoms. The fraction of sp³-hybridized carbons (Fsp3) is 0.444. The van der Waals surface area contributed by atoms with E-state index in [4.69, 9.17) is 4.74 Å². The fourth-order valence-electron chi connectivity index (χ4n) is 4.86. The third-order valence-corrected chi connectivity index (χ3v) is 7.41. The average Bonchev–Trinajstić information content (AvgIpc) is 3.13. The van der Waals surface area contributed by atoms with Crippen molar-refractivity contribution in [1.29, 1.82) is 0 Å². The van der Waals surface area contributed by atoms with E-state index >= 15 is 0 Å². The number of fused-ring (bicyclic) bond motifs is 3. The molecule has 2 N–H and O–H groups in total. The molecular formula is C27H32N2O5. The molecule has 1 heterocycles. The van der Waals surface area contributed by atoms with E-state index in [1.54, 1.807) is 11.8 Å². The predicted octanol–water partition coefficient (Wildman–Crippen LogP) is 4.12. The van der Waals surface area contributed by atoms with Crippen LogP contribution in [0.4, 0.5) is 4.79 Å². The summed E-state index contributed by atoms with van der Waals surface area (Å²) < 4.78 is 5.64. The van der Waals surface area contributed by atoms with Crippen LogP contribution >= 0.6 is 0 Å². The minimum Gasteiger partial charge on any atom is -0.481 e. The largest absolute Gasteiger partial charge is 0.481 e. The molecule has 0 saturated carbocycles. The Morgan fingerprint density at radius 2 is 1.59 bits per heavy atom. The Bertz CT molecular complexity index is 1030. The van der Waals surface area contributed by atoms with E-state index in [-0.39, 0.29) is 30.3 Å². The standard InChI is InChI=1S/C27H32N2O5/c1-4-16(2)24(25(30)29-13-18(14-29)17(3)26(31)32)28-27(33)34-15-23-21-11-7-5-9-19(21)20-10-6-8-12-22(20)23/h5-12,16-18,23-24H,4,13-15H2,1-3H3,(H,28,33)(H,31,32)/t16-,17?,24-/m0/s1. The molecule has 3 atom stereocenters. The van der Waals surface area contributed by atoms with Crippen molar-refractivity contribution in [2.24, 2.45) is 17.8 Å². The first kappa shape index (κ1) is 23.8. The van der Waals surface area contributed by atoms with Gasteiger partial charge in [0.2, 0.25) is 5.91 Å². The maximum atomic E-state index is 13.1. The number of carboxylic acid groups (broad SMARTS) is 1. The number of carbonyl (C=O) groups excluding carboxylic acids is 2. The van der Waals surface area contributed by atoms with E-state index in [0.29, 0.717) is 19.5 Å². The second-order valence-electron chi connectivity index (χ2n) is 9.46. The van der Waals surface area contributed by atoms with E-state index in [1.807, 2.05) is 38.1 Å². The molecule has 1 aliphatic carbocycles. The van der Waals surface area contributed by atoms with Crippen LogP contribution < -0.4 is 5.32 Å². The summed E-state index contributed by atoms with van der Waals surface area (Å²) in [5, 5.41) is 12.0. The molecule has 0 radical (unpaired) electrons. The minimum absolute atomic E-state index is 0.0513. The van der Waals surface area contributed by atoms with Gasteiger partial charge in [0.15, 0.2) is 0 Å². The van der Waals surface area contributed by atoms with Crippen molar-refractivity contribution in [2.75, 3.05) is 19.7 Å². The highest BCUT2D eigenvalue weighted by molar-refractivity contribution is 5.87. The SMILES string of the molecule is CC[C@H](C)[C@H](NC(=O)OCC1c2ccccc2-c2ccccc21)C(=O)N1CC(C(C)C(=O)O)C1. The van der Waals surface area contributed by atoms with E-state index in [1.165, 1.54) is 0 Å². The van der Waals surface area contributed by atoms with Crippen molar-refractivity contribution in [1.82, 2.24) is 10.2 Å². The third kappa shape index (κ3) is 4.52. The van der Waals surface area contributed by atoms with Gasteiger partial charge in [0, 0.05) is 24.9 Å². The number of carbonyl (C=O) groups is 3. The molecule has 180 valence electrons. The third-order valence-electron chi connectivity index (χ3n) is 7.41. The highest BCUT2D eigenvalue weighted by atomic mass is 16.5. The lowest BCUT2D eigenvalue weighted by molar-refractivity contribution is -0.151. The van der Waals surface area contributed by atoms with Gasteiger partial charge < -0.3 is 20.1 Å². The lowest BCUT2D eigenvalue weighted by Crippen LogP contribution is -2.60. The van der Waals surface area contributed by atoms with Crippen LogP contribution in [0, 0.1) is 17.8 Å². The van der Waals surface area contributed by atoms with Crippen LogP contribution in [0.3, 0.4) is 0 Å². The quantitative estimate of drug-likeness (QED) is 0.613. The lowest BCUT2D eigenvalue weighted by atomic mass is 9.85. The summed E-state index contributed by atoms with van der Waals surface area (Å²) in [7, 11) is 0. The second-order valence-corrected chi connectivity index (χ2v) is 9.46. The monoisotopic (exact) mass is 464 g/mol. The van der Waals surface area contributed by atoms with E-state index in [9.17, 15) is 19.5 Å². The summed E-state index contributed by atoms with van der Waals surface area (Å²) >= 11 is 0. The number of nitrogens with zero attached hydrogens (tertiary/aromatic N) is 1. The molecule has 0 aromatic heterocycles. The van der Waals surface area contributed by atoms with E-state index in [2.05, 4.69) is 29.6 Å². The average molecular weight is 465 g/mol. The number of nitrogens with one attached hydrogen (secondary N) is 1. The Morgan fingerprint density at radius 3 is 2.12 bits per heavy atom. The molecule has 4 rings (SSSR count). The van der Waals surface area contributed by atoms with Gasteiger partial charge in [-0.05, 0) is 28.2 Å². The van der Waals surface area contributed by atoms with Crippen molar-refractivity contribution < 1.29 is 24.2 Å². The van der Waals surface area contributed by atoms with Gasteiger partial charge in [-0.15, -0.1) is 0 Å². The highest BCUT2D eigenvalue weighted by Gasteiger charge is 2.41. The van der Waals surface area contributed by atoms with Gasteiger partial charge in [0.25, 0.3) is 0 Å². The zero-order chi connectivity index (χ0) is 24.4. The summed E-state index contributed by atoms with van der Waals surface area (Å²) in [4.78, 5) is 38.7. The van der Waals surface area contributed by atoms with Crippen LogP contribution in [0.25, 0.3) is 11.1 Å². The summed E-state index contributed by atoms with van der Waals surface area (Å²) in [5.41, 5.74) is 4.57. The van der Waals surface area contributed by atoms with E-state index < -0.39 is 24.0 Å². The van der Waals surface area contributed by atoms with Gasteiger partial charge in [-0.1, -0.05) is 75.7 Å². The van der Waals surface area contributed by atoms with E-state index in [0.717, 1.165) is 22.3 Å². The second kappa shape index (κ2) is 9.87. The molecule has 1 fully saturated rings. The summed E-state index contributed by atoms with van der Waals surface area (Å²) in [6.07, 6.45) is 0.0968. The van der Waals surface area contributed by atoms with Gasteiger partial charge in [-0.3, -0.25) is 9.59 Å². The van der Waals surface area contributed by atoms with Gasteiger partial charge in [-0.25, -0.2) is 4.79 Å². The highest BCUT2D eigenvalue weighted by Crippen LogP contribution is 2.44. The molecule has 2 aromatic rings. The van der Waals surface area contributed by atoms with Crippen molar-refractivity contribution in [3.8, 4) is 11.1 Å². The molecule has 2 amide bonds. The van der Waals surface area contributed by atoms with Crippen molar-refractivity contribution in [2.45, 2.75) is 39.2 Å². The molecule has 2 aromatic carbocycles. The molecule has 1 saturated heterocycles.